The Kier molecular flexibility index (Phi) is 6.16. The minimum absolute atomic E-state index is 0.0531. The summed E-state index contributed by atoms with van der Waals surface area (Å²) in [5, 5.41) is 20.2. The number of amides is 1. The predicted octanol–water partition coefficient (Wildman–Crippen LogP) is 5.60. The maximum Gasteiger partial charge on any atom is 0.224 e. The molecule has 4 N–H and O–H groups in total. The number of nitrogens with one attached hydrogen (secondary N) is 3. The molecule has 0 saturated carbocycles. The Morgan fingerprint density at radius 1 is 1.05 bits per heavy atom. The maximum atomic E-state index is 14.0. The van der Waals surface area contributed by atoms with Gasteiger partial charge in [-0.15, -0.1) is 0 Å². The van der Waals surface area contributed by atoms with Crippen LogP contribution >= 0.6 is 0 Å². The fourth-order valence-electron chi connectivity index (χ4n) is 4.42. The standard InChI is InChI=1S/C28H23FN8O2/c1-2-3-4-23(39)32-18-10-16(13-30-14-18)21-5-6-22-25(33-21)26(37-36-22)28-34-24-20(7-8-31-27(24)35-28)15-9-17(29)12-19(38)11-15/h5-14,38H,2-4H2,1H3,(H,32,39)(H,36,37)(H,31,34,35). The molecule has 1 aromatic carbocycles. The zero-order chi connectivity index (χ0) is 26.9. The Bertz CT molecular complexity index is 1820. The first-order chi connectivity index (χ1) is 19.0. The second-order valence-corrected chi connectivity index (χ2v) is 9.12. The lowest BCUT2D eigenvalue weighted by molar-refractivity contribution is -0.116. The number of hydrogen-bond acceptors (Lipinski definition) is 7. The predicted molar refractivity (Wildman–Crippen MR) is 145 cm³/mol. The number of phenolic OH excluding ortho intramolecular Hbond substituents is 1. The van der Waals surface area contributed by atoms with Gasteiger partial charge in [0.2, 0.25) is 5.91 Å². The molecule has 5 heterocycles. The molecule has 194 valence electrons. The van der Waals surface area contributed by atoms with Crippen molar-refractivity contribution in [1.29, 1.82) is 0 Å². The van der Waals surface area contributed by atoms with Crippen molar-refractivity contribution in [2.75, 3.05) is 5.32 Å². The van der Waals surface area contributed by atoms with E-state index in [4.69, 9.17) is 9.97 Å². The van der Waals surface area contributed by atoms with E-state index >= 15 is 0 Å². The first-order valence-corrected chi connectivity index (χ1v) is 12.4. The fraction of sp³-hybridized carbons (Fsp3) is 0.143. The van der Waals surface area contributed by atoms with E-state index in [2.05, 4.69) is 30.5 Å². The van der Waals surface area contributed by atoms with Gasteiger partial charge in [0, 0.05) is 36.0 Å². The van der Waals surface area contributed by atoms with Crippen molar-refractivity contribution in [2.45, 2.75) is 26.2 Å². The van der Waals surface area contributed by atoms with Crippen molar-refractivity contribution < 1.29 is 14.3 Å². The van der Waals surface area contributed by atoms with E-state index in [1.54, 1.807) is 24.7 Å². The normalized spacial score (nSPS) is 11.3. The number of hydrogen-bond donors (Lipinski definition) is 4. The summed E-state index contributed by atoms with van der Waals surface area (Å²) in [7, 11) is 0. The number of pyridine rings is 3. The molecule has 0 spiro atoms. The van der Waals surface area contributed by atoms with Gasteiger partial charge in [0.15, 0.2) is 17.2 Å². The van der Waals surface area contributed by atoms with Gasteiger partial charge in [-0.1, -0.05) is 13.3 Å². The van der Waals surface area contributed by atoms with Crippen molar-refractivity contribution in [3.63, 3.8) is 0 Å². The number of benzene rings is 1. The molecule has 39 heavy (non-hydrogen) atoms. The molecule has 6 aromatic rings. The Hall–Kier alpha value is -5.19. The number of halogens is 1. The van der Waals surface area contributed by atoms with Gasteiger partial charge in [0.1, 0.15) is 22.6 Å². The molecule has 0 bridgehead atoms. The van der Waals surface area contributed by atoms with Crippen LogP contribution in [0.4, 0.5) is 10.1 Å². The van der Waals surface area contributed by atoms with Gasteiger partial charge in [-0.2, -0.15) is 5.10 Å². The number of unbranched alkanes of at least 4 members (excludes halogenated alkanes) is 1. The zero-order valence-electron chi connectivity index (χ0n) is 20.9. The summed E-state index contributed by atoms with van der Waals surface area (Å²) >= 11 is 0. The highest BCUT2D eigenvalue weighted by Crippen LogP contribution is 2.32. The van der Waals surface area contributed by atoms with Gasteiger partial charge in [-0.3, -0.25) is 14.9 Å². The van der Waals surface area contributed by atoms with E-state index in [9.17, 15) is 14.3 Å². The molecule has 0 unspecified atom stereocenters. The van der Waals surface area contributed by atoms with Crippen molar-refractivity contribution >= 4 is 33.8 Å². The molecule has 0 aliphatic carbocycles. The van der Waals surface area contributed by atoms with E-state index in [0.29, 0.717) is 62.6 Å². The van der Waals surface area contributed by atoms with Crippen LogP contribution in [0.3, 0.4) is 0 Å². The number of fused-ring (bicyclic) bond motifs is 2. The minimum Gasteiger partial charge on any atom is -0.508 e. The average Bonchev–Trinajstić information content (AvgIpc) is 3.55. The lowest BCUT2D eigenvalue weighted by atomic mass is 10.1. The number of phenols is 1. The number of nitrogens with zero attached hydrogens (tertiary/aromatic N) is 5. The smallest absolute Gasteiger partial charge is 0.224 e. The monoisotopic (exact) mass is 522 g/mol. The van der Waals surface area contributed by atoms with Gasteiger partial charge in [0.25, 0.3) is 0 Å². The topological polar surface area (TPSA) is 145 Å². The molecule has 0 atom stereocenters. The van der Waals surface area contributed by atoms with Gasteiger partial charge in [0.05, 0.1) is 23.1 Å². The molecule has 10 nitrogen and oxygen atoms in total. The van der Waals surface area contributed by atoms with Crippen molar-refractivity contribution in [3.8, 4) is 39.7 Å². The van der Waals surface area contributed by atoms with Crippen LogP contribution in [-0.4, -0.2) is 46.1 Å². The number of carbonyl (C=O) groups is 1. The number of aromatic amines is 2. The molecule has 11 heteroatoms. The van der Waals surface area contributed by atoms with Gasteiger partial charge >= 0.3 is 0 Å². The van der Waals surface area contributed by atoms with Crippen LogP contribution < -0.4 is 5.32 Å². The molecule has 0 saturated heterocycles. The number of aromatic nitrogens is 7. The molecule has 0 aliphatic heterocycles. The number of carbonyl (C=O) groups excluding carboxylic acids is 1. The molecule has 0 fully saturated rings. The average molecular weight is 523 g/mol. The summed E-state index contributed by atoms with van der Waals surface area (Å²) in [6.07, 6.45) is 7.09. The van der Waals surface area contributed by atoms with Gasteiger partial charge in [-0.05, 0) is 48.4 Å². The fourth-order valence-corrected chi connectivity index (χ4v) is 4.42. The largest absolute Gasteiger partial charge is 0.508 e. The van der Waals surface area contributed by atoms with E-state index in [0.717, 1.165) is 24.5 Å². The minimum atomic E-state index is -0.556. The summed E-state index contributed by atoms with van der Waals surface area (Å²) in [6, 6.07) is 11.1. The number of anilines is 1. The van der Waals surface area contributed by atoms with E-state index < -0.39 is 5.82 Å². The summed E-state index contributed by atoms with van der Waals surface area (Å²) in [5.41, 5.74) is 5.80. The summed E-state index contributed by atoms with van der Waals surface area (Å²) in [4.78, 5) is 33.5. The van der Waals surface area contributed by atoms with Crippen LogP contribution in [0, 0.1) is 5.82 Å². The molecule has 6 rings (SSSR count). The number of imidazole rings is 1. The highest BCUT2D eigenvalue weighted by molar-refractivity contribution is 5.95. The van der Waals surface area contributed by atoms with Crippen LogP contribution in [0.5, 0.6) is 5.75 Å². The van der Waals surface area contributed by atoms with Crippen LogP contribution in [-0.2, 0) is 4.79 Å². The molecule has 5 aromatic heterocycles. The lowest BCUT2D eigenvalue weighted by Gasteiger charge is -2.07. The summed E-state index contributed by atoms with van der Waals surface area (Å²) in [5.74, 6) is -0.362. The number of aromatic hydroxyl groups is 1. The quantitative estimate of drug-likeness (QED) is 0.214. The first kappa shape index (κ1) is 24.2. The van der Waals surface area contributed by atoms with E-state index in [1.165, 1.54) is 12.1 Å². The molecule has 0 aliphatic rings. The SMILES string of the molecule is CCCCC(=O)Nc1cncc(-c2ccc3[nH]nc(-c4nc5c(-c6cc(O)cc(F)c6)ccnc5[nH]4)c3n2)c1. The lowest BCUT2D eigenvalue weighted by Crippen LogP contribution is -2.11. The number of rotatable bonds is 7. The Labute approximate surface area is 221 Å². The summed E-state index contributed by atoms with van der Waals surface area (Å²) < 4.78 is 14.0. The van der Waals surface area contributed by atoms with Crippen LogP contribution in [0.15, 0.2) is 61.1 Å². The third kappa shape index (κ3) is 4.77. The highest BCUT2D eigenvalue weighted by Gasteiger charge is 2.18. The van der Waals surface area contributed by atoms with Crippen molar-refractivity contribution in [2.24, 2.45) is 0 Å². The molecule has 0 radical (unpaired) electrons. The second kappa shape index (κ2) is 9.93. The third-order valence-corrected chi connectivity index (χ3v) is 6.29. The van der Waals surface area contributed by atoms with Crippen LogP contribution in [0.1, 0.15) is 26.2 Å². The molecular weight excluding hydrogens is 499 g/mol. The number of H-pyrrole nitrogens is 2. The maximum absolute atomic E-state index is 14.0. The van der Waals surface area contributed by atoms with E-state index in [1.807, 2.05) is 25.1 Å². The van der Waals surface area contributed by atoms with Crippen LogP contribution in [0.2, 0.25) is 0 Å². The highest BCUT2D eigenvalue weighted by atomic mass is 19.1. The molecular formula is C28H23FN8O2. The van der Waals surface area contributed by atoms with Crippen LogP contribution in [0.25, 0.3) is 56.1 Å². The van der Waals surface area contributed by atoms with E-state index in [-0.39, 0.29) is 11.7 Å². The summed E-state index contributed by atoms with van der Waals surface area (Å²) in [6.45, 7) is 2.04. The van der Waals surface area contributed by atoms with Gasteiger partial charge in [-0.25, -0.2) is 19.3 Å². The van der Waals surface area contributed by atoms with Gasteiger partial charge < -0.3 is 15.4 Å². The second-order valence-electron chi connectivity index (χ2n) is 9.12. The van der Waals surface area contributed by atoms with Crippen molar-refractivity contribution in [1.82, 2.24) is 35.1 Å². The Morgan fingerprint density at radius 3 is 2.79 bits per heavy atom. The van der Waals surface area contributed by atoms with Crippen molar-refractivity contribution in [3.05, 3.63) is 66.9 Å². The Balaban J connectivity index is 1.38. The zero-order valence-corrected chi connectivity index (χ0v) is 20.9. The third-order valence-electron chi connectivity index (χ3n) is 6.29. The first-order valence-electron chi connectivity index (χ1n) is 12.4. The molecule has 1 amide bonds. The Morgan fingerprint density at radius 2 is 1.95 bits per heavy atom.